The van der Waals surface area contributed by atoms with E-state index in [2.05, 4.69) is 6.92 Å². The molecule has 0 aromatic heterocycles. The second-order valence-electron chi connectivity index (χ2n) is 5.20. The average molecular weight is 271 g/mol. The van der Waals surface area contributed by atoms with Crippen molar-refractivity contribution in [3.05, 3.63) is 34.6 Å². The Bertz CT molecular complexity index is 407. The Labute approximate surface area is 113 Å². The van der Waals surface area contributed by atoms with Gasteiger partial charge in [-0.1, -0.05) is 56.3 Å². The van der Waals surface area contributed by atoms with Crippen LogP contribution < -0.4 is 0 Å². The first kappa shape index (κ1) is 13.8. The molecule has 0 amide bonds. The van der Waals surface area contributed by atoms with Crippen LogP contribution >= 0.6 is 11.6 Å². The van der Waals surface area contributed by atoms with Crippen LogP contribution in [0.5, 0.6) is 0 Å². The highest BCUT2D eigenvalue weighted by Crippen LogP contribution is 2.42. The van der Waals surface area contributed by atoms with E-state index in [1.807, 2.05) is 0 Å². The number of hydrogen-bond donors (Lipinski definition) is 1. The lowest BCUT2D eigenvalue weighted by molar-refractivity contribution is 0.0451. The van der Waals surface area contributed by atoms with Crippen molar-refractivity contribution in [1.82, 2.24) is 0 Å². The lowest BCUT2D eigenvalue weighted by atomic mass is 9.73. The van der Waals surface area contributed by atoms with E-state index in [4.69, 9.17) is 11.6 Å². The summed E-state index contributed by atoms with van der Waals surface area (Å²) in [5.74, 6) is 0.285. The largest absolute Gasteiger partial charge is 0.388 e. The summed E-state index contributed by atoms with van der Waals surface area (Å²) < 4.78 is 13.4. The molecule has 1 nitrogen and oxygen atoms in total. The molecule has 18 heavy (non-hydrogen) atoms. The van der Waals surface area contributed by atoms with Gasteiger partial charge in [-0.2, -0.15) is 0 Å². The van der Waals surface area contributed by atoms with Crippen molar-refractivity contribution in [2.45, 2.75) is 45.1 Å². The summed E-state index contributed by atoms with van der Waals surface area (Å²) in [5, 5.41) is 10.6. The molecule has 2 rings (SSSR count). The molecule has 0 radical (unpaired) electrons. The van der Waals surface area contributed by atoms with Gasteiger partial charge in [-0.05, 0) is 24.3 Å². The molecule has 100 valence electrons. The SMILES string of the molecule is CCC1CCCCC1C(O)c1cccc(F)c1Cl. The molecule has 1 aliphatic rings. The van der Waals surface area contributed by atoms with E-state index in [-0.39, 0.29) is 10.9 Å². The zero-order chi connectivity index (χ0) is 13.1. The van der Waals surface area contributed by atoms with Gasteiger partial charge in [0, 0.05) is 5.56 Å². The van der Waals surface area contributed by atoms with Gasteiger partial charge in [-0.3, -0.25) is 0 Å². The molecule has 0 spiro atoms. The van der Waals surface area contributed by atoms with Crippen LogP contribution in [0.4, 0.5) is 4.39 Å². The summed E-state index contributed by atoms with van der Waals surface area (Å²) in [6.07, 6.45) is 4.97. The summed E-state index contributed by atoms with van der Waals surface area (Å²) in [7, 11) is 0. The zero-order valence-electron chi connectivity index (χ0n) is 10.7. The van der Waals surface area contributed by atoms with Crippen molar-refractivity contribution < 1.29 is 9.50 Å². The van der Waals surface area contributed by atoms with Gasteiger partial charge < -0.3 is 5.11 Å². The first-order chi connectivity index (χ1) is 8.65. The number of halogens is 2. The molecule has 3 atom stereocenters. The van der Waals surface area contributed by atoms with Crippen LogP contribution in [0.1, 0.15) is 50.7 Å². The van der Waals surface area contributed by atoms with E-state index in [9.17, 15) is 9.50 Å². The molecule has 0 bridgehead atoms. The highest BCUT2D eigenvalue weighted by atomic mass is 35.5. The second-order valence-corrected chi connectivity index (χ2v) is 5.58. The zero-order valence-corrected chi connectivity index (χ0v) is 11.5. The second kappa shape index (κ2) is 6.03. The molecular formula is C15H20ClFO. The van der Waals surface area contributed by atoms with Gasteiger partial charge >= 0.3 is 0 Å². The standard InChI is InChI=1S/C15H20ClFO/c1-2-10-6-3-4-7-11(10)15(18)12-8-5-9-13(17)14(12)16/h5,8-11,15,18H,2-4,6-7H2,1H3. The van der Waals surface area contributed by atoms with Crippen LogP contribution in [-0.4, -0.2) is 5.11 Å². The van der Waals surface area contributed by atoms with Gasteiger partial charge in [0.25, 0.3) is 0 Å². The third-order valence-electron chi connectivity index (χ3n) is 4.20. The number of aliphatic hydroxyl groups excluding tert-OH is 1. The number of hydrogen-bond acceptors (Lipinski definition) is 1. The van der Waals surface area contributed by atoms with E-state index < -0.39 is 11.9 Å². The van der Waals surface area contributed by atoms with E-state index in [0.717, 1.165) is 25.7 Å². The molecule has 0 aliphatic heterocycles. The fourth-order valence-electron chi connectivity index (χ4n) is 3.14. The van der Waals surface area contributed by atoms with E-state index in [1.165, 1.54) is 12.5 Å². The Hall–Kier alpha value is -0.600. The van der Waals surface area contributed by atoms with Gasteiger partial charge in [-0.15, -0.1) is 0 Å². The fourth-order valence-corrected chi connectivity index (χ4v) is 3.38. The van der Waals surface area contributed by atoms with Crippen LogP contribution in [0, 0.1) is 17.7 Å². The Kier molecular flexibility index (Phi) is 4.63. The Morgan fingerprint density at radius 3 is 2.83 bits per heavy atom. The topological polar surface area (TPSA) is 20.2 Å². The normalized spacial score (nSPS) is 26.0. The average Bonchev–Trinajstić information content (AvgIpc) is 2.41. The molecule has 1 saturated carbocycles. The molecule has 0 heterocycles. The van der Waals surface area contributed by atoms with E-state index >= 15 is 0 Å². The summed E-state index contributed by atoms with van der Waals surface area (Å²) in [4.78, 5) is 0. The minimum Gasteiger partial charge on any atom is -0.388 e. The smallest absolute Gasteiger partial charge is 0.142 e. The molecule has 1 aromatic rings. The fraction of sp³-hybridized carbons (Fsp3) is 0.600. The van der Waals surface area contributed by atoms with Crippen LogP contribution in [0.15, 0.2) is 18.2 Å². The van der Waals surface area contributed by atoms with Crippen LogP contribution in [0.3, 0.4) is 0 Å². The molecular weight excluding hydrogens is 251 g/mol. The van der Waals surface area contributed by atoms with Crippen molar-refractivity contribution in [1.29, 1.82) is 0 Å². The predicted molar refractivity (Wildman–Crippen MR) is 72.1 cm³/mol. The summed E-state index contributed by atoms with van der Waals surface area (Å²) in [6.45, 7) is 2.16. The Morgan fingerprint density at radius 2 is 2.11 bits per heavy atom. The van der Waals surface area contributed by atoms with Crippen LogP contribution in [0.2, 0.25) is 5.02 Å². The van der Waals surface area contributed by atoms with Gasteiger partial charge in [0.1, 0.15) is 5.82 Å². The van der Waals surface area contributed by atoms with Gasteiger partial charge in [0.05, 0.1) is 11.1 Å². The summed E-state index contributed by atoms with van der Waals surface area (Å²) in [6, 6.07) is 4.68. The molecule has 3 unspecified atom stereocenters. The lowest BCUT2D eigenvalue weighted by Crippen LogP contribution is -2.25. The minimum atomic E-state index is -0.640. The molecule has 3 heteroatoms. The molecule has 1 aliphatic carbocycles. The quantitative estimate of drug-likeness (QED) is 0.842. The van der Waals surface area contributed by atoms with Crippen molar-refractivity contribution in [3.63, 3.8) is 0 Å². The maximum atomic E-state index is 13.4. The van der Waals surface area contributed by atoms with E-state index in [0.29, 0.717) is 11.5 Å². The van der Waals surface area contributed by atoms with Gasteiger partial charge in [0.15, 0.2) is 0 Å². The first-order valence-corrected chi connectivity index (χ1v) is 7.15. The van der Waals surface area contributed by atoms with Crippen molar-refractivity contribution in [3.8, 4) is 0 Å². The van der Waals surface area contributed by atoms with Gasteiger partial charge in [-0.25, -0.2) is 4.39 Å². The number of benzene rings is 1. The van der Waals surface area contributed by atoms with E-state index in [1.54, 1.807) is 12.1 Å². The van der Waals surface area contributed by atoms with Gasteiger partial charge in [0.2, 0.25) is 0 Å². The van der Waals surface area contributed by atoms with Crippen molar-refractivity contribution >= 4 is 11.6 Å². The monoisotopic (exact) mass is 270 g/mol. The Balaban J connectivity index is 2.23. The molecule has 1 aromatic carbocycles. The third kappa shape index (κ3) is 2.70. The number of aliphatic hydroxyl groups is 1. The lowest BCUT2D eigenvalue weighted by Gasteiger charge is -2.34. The summed E-state index contributed by atoms with van der Waals surface area (Å²) >= 11 is 5.96. The molecule has 1 N–H and O–H groups in total. The predicted octanol–water partition coefficient (Wildman–Crippen LogP) is 4.73. The maximum absolute atomic E-state index is 13.4. The highest BCUT2D eigenvalue weighted by Gasteiger charge is 2.31. The number of rotatable bonds is 3. The summed E-state index contributed by atoms with van der Waals surface area (Å²) in [5.41, 5.74) is 0.544. The third-order valence-corrected chi connectivity index (χ3v) is 4.60. The van der Waals surface area contributed by atoms with Crippen molar-refractivity contribution in [2.75, 3.05) is 0 Å². The minimum absolute atomic E-state index is 0.0745. The molecule has 1 fully saturated rings. The van der Waals surface area contributed by atoms with Crippen molar-refractivity contribution in [2.24, 2.45) is 11.8 Å². The molecule has 0 saturated heterocycles. The Morgan fingerprint density at radius 1 is 1.39 bits per heavy atom. The maximum Gasteiger partial charge on any atom is 0.142 e. The first-order valence-electron chi connectivity index (χ1n) is 6.77. The van der Waals surface area contributed by atoms with Crippen LogP contribution in [-0.2, 0) is 0 Å². The highest BCUT2D eigenvalue weighted by molar-refractivity contribution is 6.31. The van der Waals surface area contributed by atoms with Crippen LogP contribution in [0.25, 0.3) is 0 Å².